The van der Waals surface area contributed by atoms with Gasteiger partial charge in [0.05, 0.1) is 16.7 Å². The van der Waals surface area contributed by atoms with Gasteiger partial charge in [-0.25, -0.2) is 9.78 Å². The molecule has 2 aromatic carbocycles. The minimum atomic E-state index is -0.558. The van der Waals surface area contributed by atoms with Gasteiger partial charge in [-0.3, -0.25) is 4.79 Å². The number of carbonyl (C=O) groups is 2. The summed E-state index contributed by atoms with van der Waals surface area (Å²) in [5.41, 5.74) is 3.96. The van der Waals surface area contributed by atoms with Crippen molar-refractivity contribution < 1.29 is 14.3 Å². The Morgan fingerprint density at radius 1 is 1.03 bits per heavy atom. The number of likely N-dealkylation sites (tertiary alicyclic amines) is 1. The van der Waals surface area contributed by atoms with Gasteiger partial charge in [0.25, 0.3) is 5.91 Å². The molecule has 188 valence electrons. The van der Waals surface area contributed by atoms with Gasteiger partial charge in [0.2, 0.25) is 0 Å². The van der Waals surface area contributed by atoms with Crippen LogP contribution in [-0.2, 0) is 18.8 Å². The Labute approximate surface area is 210 Å². The second kappa shape index (κ2) is 9.00. The Morgan fingerprint density at radius 3 is 2.56 bits per heavy atom. The lowest BCUT2D eigenvalue weighted by molar-refractivity contribution is 0.0452. The number of aromatic nitrogens is 3. The molecule has 0 unspecified atom stereocenters. The number of benzene rings is 2. The molecular formula is C28H33N5O3. The maximum absolute atomic E-state index is 13.4. The summed E-state index contributed by atoms with van der Waals surface area (Å²) in [6.45, 7) is 6.63. The molecule has 3 heterocycles. The van der Waals surface area contributed by atoms with Crippen LogP contribution in [0.5, 0.6) is 0 Å². The second-order valence-electron chi connectivity index (χ2n) is 10.6. The number of hydrogen-bond acceptors (Lipinski definition) is 4. The minimum Gasteiger partial charge on any atom is -0.444 e. The highest BCUT2D eigenvalue weighted by atomic mass is 16.6. The first-order valence-corrected chi connectivity index (χ1v) is 12.4. The Kier molecular flexibility index (Phi) is 5.98. The van der Waals surface area contributed by atoms with Crippen molar-refractivity contribution in [2.75, 3.05) is 13.1 Å². The van der Waals surface area contributed by atoms with Crippen LogP contribution in [0.1, 0.15) is 44.0 Å². The van der Waals surface area contributed by atoms with E-state index >= 15 is 0 Å². The van der Waals surface area contributed by atoms with E-state index in [9.17, 15) is 9.59 Å². The van der Waals surface area contributed by atoms with Crippen molar-refractivity contribution in [3.8, 4) is 11.5 Å². The van der Waals surface area contributed by atoms with Crippen molar-refractivity contribution in [2.45, 2.75) is 45.3 Å². The van der Waals surface area contributed by atoms with Crippen molar-refractivity contribution in [3.63, 3.8) is 0 Å². The lowest BCUT2D eigenvalue weighted by Crippen LogP contribution is -2.50. The second-order valence-corrected chi connectivity index (χ2v) is 10.6. The molecule has 1 saturated heterocycles. The first-order valence-electron chi connectivity index (χ1n) is 12.4. The lowest BCUT2D eigenvalue weighted by Gasteiger charge is -2.33. The summed E-state index contributed by atoms with van der Waals surface area (Å²) in [4.78, 5) is 32.3. The molecule has 2 amide bonds. The van der Waals surface area contributed by atoms with Gasteiger partial charge in [-0.05, 0) is 63.9 Å². The number of ether oxygens (including phenoxy) is 1. The average molecular weight is 488 g/mol. The number of piperidine rings is 1. The van der Waals surface area contributed by atoms with E-state index in [1.165, 1.54) is 0 Å². The molecule has 1 fully saturated rings. The van der Waals surface area contributed by atoms with Gasteiger partial charge in [0, 0.05) is 49.7 Å². The molecule has 0 saturated carbocycles. The first-order chi connectivity index (χ1) is 17.1. The Hall–Kier alpha value is -3.81. The maximum Gasteiger partial charge on any atom is 0.407 e. The fourth-order valence-electron chi connectivity index (χ4n) is 5.00. The number of para-hydroxylation sites is 1. The van der Waals surface area contributed by atoms with E-state index in [4.69, 9.17) is 9.72 Å². The molecule has 0 radical (unpaired) electrons. The van der Waals surface area contributed by atoms with Crippen LogP contribution in [0.3, 0.4) is 0 Å². The molecular weight excluding hydrogens is 454 g/mol. The van der Waals surface area contributed by atoms with Gasteiger partial charge in [0.1, 0.15) is 5.60 Å². The highest BCUT2D eigenvalue weighted by Gasteiger charge is 2.27. The number of nitrogens with one attached hydrogen (secondary N) is 1. The van der Waals surface area contributed by atoms with Crippen LogP contribution in [0, 0.1) is 0 Å². The van der Waals surface area contributed by atoms with Gasteiger partial charge in [0.15, 0.2) is 5.82 Å². The molecule has 4 aromatic rings. The van der Waals surface area contributed by atoms with E-state index < -0.39 is 11.7 Å². The van der Waals surface area contributed by atoms with Crippen molar-refractivity contribution in [1.29, 1.82) is 0 Å². The maximum atomic E-state index is 13.4. The van der Waals surface area contributed by atoms with E-state index in [0.717, 1.165) is 46.3 Å². The zero-order chi connectivity index (χ0) is 25.6. The molecule has 1 aliphatic heterocycles. The van der Waals surface area contributed by atoms with E-state index in [2.05, 4.69) is 32.7 Å². The number of aryl methyl sites for hydroxylation is 2. The quantitative estimate of drug-likeness (QED) is 0.447. The van der Waals surface area contributed by atoms with Gasteiger partial charge < -0.3 is 24.1 Å². The summed E-state index contributed by atoms with van der Waals surface area (Å²) in [6.07, 6.45) is 1.19. The van der Waals surface area contributed by atoms with Crippen molar-refractivity contribution in [3.05, 3.63) is 54.1 Å². The van der Waals surface area contributed by atoms with Gasteiger partial charge in [-0.1, -0.05) is 18.2 Å². The molecule has 5 rings (SSSR count). The summed E-state index contributed by atoms with van der Waals surface area (Å²) in [5, 5.41) is 4.08. The van der Waals surface area contributed by atoms with Crippen molar-refractivity contribution in [1.82, 2.24) is 24.3 Å². The molecule has 0 bridgehead atoms. The van der Waals surface area contributed by atoms with Crippen LogP contribution >= 0.6 is 0 Å². The average Bonchev–Trinajstić information content (AvgIpc) is 3.33. The summed E-state index contributed by atoms with van der Waals surface area (Å²) < 4.78 is 9.60. The summed E-state index contributed by atoms with van der Waals surface area (Å²) in [7, 11) is 4.05. The molecule has 1 N–H and O–H groups in total. The van der Waals surface area contributed by atoms with Crippen molar-refractivity contribution >= 4 is 33.9 Å². The Morgan fingerprint density at radius 2 is 1.81 bits per heavy atom. The highest BCUT2D eigenvalue weighted by Crippen LogP contribution is 2.29. The van der Waals surface area contributed by atoms with Crippen LogP contribution in [0.25, 0.3) is 33.5 Å². The first kappa shape index (κ1) is 23.9. The number of hydrogen-bond donors (Lipinski definition) is 1. The number of alkyl carbamates (subject to hydrolysis) is 1. The number of fused-ring (bicyclic) bond motifs is 2. The fraction of sp³-hybridized carbons (Fsp3) is 0.393. The Bertz CT molecular complexity index is 1460. The van der Waals surface area contributed by atoms with Crippen LogP contribution in [-0.4, -0.2) is 55.8 Å². The van der Waals surface area contributed by atoms with E-state index in [1.54, 1.807) is 4.90 Å². The molecule has 1 aliphatic rings. The molecule has 0 spiro atoms. The van der Waals surface area contributed by atoms with Crippen LogP contribution in [0.4, 0.5) is 4.79 Å². The summed E-state index contributed by atoms with van der Waals surface area (Å²) in [6, 6.07) is 16.0. The zero-order valence-electron chi connectivity index (χ0n) is 21.5. The van der Waals surface area contributed by atoms with Crippen LogP contribution < -0.4 is 5.32 Å². The third kappa shape index (κ3) is 4.55. The summed E-state index contributed by atoms with van der Waals surface area (Å²) in [5.74, 6) is 0.803. The van der Waals surface area contributed by atoms with Gasteiger partial charge >= 0.3 is 6.09 Å². The van der Waals surface area contributed by atoms with Crippen LogP contribution in [0.2, 0.25) is 0 Å². The molecule has 0 aliphatic carbocycles. The zero-order valence-corrected chi connectivity index (χ0v) is 21.5. The topological polar surface area (TPSA) is 81.4 Å². The SMILES string of the molecule is Cn1c(-c2nc3cc(C(=O)N4CCC[C@@H](NC(=O)OC(C)(C)C)C4)ccc3n2C)cc2ccccc21. The normalized spacial score (nSPS) is 16.5. The monoisotopic (exact) mass is 487 g/mol. The summed E-state index contributed by atoms with van der Waals surface area (Å²) >= 11 is 0. The molecule has 1 atom stereocenters. The van der Waals surface area contributed by atoms with Gasteiger partial charge in [-0.2, -0.15) is 0 Å². The van der Waals surface area contributed by atoms with E-state index in [1.807, 2.05) is 65.2 Å². The number of carbonyl (C=O) groups excluding carboxylic acids is 2. The Balaban J connectivity index is 1.37. The third-order valence-electron chi connectivity index (χ3n) is 6.74. The van der Waals surface area contributed by atoms with Crippen LogP contribution in [0.15, 0.2) is 48.5 Å². The van der Waals surface area contributed by atoms with E-state index in [0.29, 0.717) is 18.7 Å². The van der Waals surface area contributed by atoms with E-state index in [-0.39, 0.29) is 11.9 Å². The lowest BCUT2D eigenvalue weighted by atomic mass is 10.0. The standard InChI is InChI=1S/C28H33N5O3/c1-28(2,3)36-27(35)29-20-10-8-14-33(17-20)26(34)19-12-13-23-21(15-19)30-25(32(23)5)24-16-18-9-6-7-11-22(18)31(24)4/h6-7,9,11-13,15-16,20H,8,10,14,17H2,1-5H3,(H,29,35)/t20-/m1/s1. The third-order valence-corrected chi connectivity index (χ3v) is 6.74. The number of amides is 2. The fourth-order valence-corrected chi connectivity index (χ4v) is 5.00. The molecule has 36 heavy (non-hydrogen) atoms. The molecule has 8 heteroatoms. The molecule has 8 nitrogen and oxygen atoms in total. The predicted molar refractivity (Wildman–Crippen MR) is 141 cm³/mol. The number of nitrogens with zero attached hydrogens (tertiary/aromatic N) is 4. The smallest absolute Gasteiger partial charge is 0.407 e. The predicted octanol–water partition coefficient (Wildman–Crippen LogP) is 4.86. The largest absolute Gasteiger partial charge is 0.444 e. The number of imidazole rings is 1. The highest BCUT2D eigenvalue weighted by molar-refractivity contribution is 5.98. The van der Waals surface area contributed by atoms with Crippen molar-refractivity contribution in [2.24, 2.45) is 14.1 Å². The molecule has 2 aromatic heterocycles. The number of rotatable bonds is 3. The minimum absolute atomic E-state index is 0.0515. The van der Waals surface area contributed by atoms with Gasteiger partial charge in [-0.15, -0.1) is 0 Å².